The van der Waals surface area contributed by atoms with Gasteiger partial charge in [0.05, 0.1) is 0 Å². The van der Waals surface area contributed by atoms with Crippen LogP contribution in [0.4, 0.5) is 0 Å². The first-order valence-corrected chi connectivity index (χ1v) is 16.0. The van der Waals surface area contributed by atoms with Crippen LogP contribution >= 0.6 is 0 Å². The molecule has 4 amide bonds. The smallest absolute Gasteiger partial charge is 0.229 e. The van der Waals surface area contributed by atoms with Gasteiger partial charge >= 0.3 is 0 Å². The fourth-order valence-electron chi connectivity index (χ4n) is 4.97. The van der Waals surface area contributed by atoms with Gasteiger partial charge in [-0.2, -0.15) is 0 Å². The van der Waals surface area contributed by atoms with Crippen molar-refractivity contribution in [3.63, 3.8) is 0 Å². The van der Waals surface area contributed by atoms with Crippen molar-refractivity contribution in [2.24, 2.45) is 0 Å². The highest BCUT2D eigenvalue weighted by molar-refractivity contribution is 7.98. The second-order valence-corrected chi connectivity index (χ2v) is 13.8. The van der Waals surface area contributed by atoms with Crippen molar-refractivity contribution in [3.8, 4) is 0 Å². The second kappa shape index (κ2) is 20.1. The Morgan fingerprint density at radius 3 is 1.10 bits per heavy atom. The number of carbonyl (C=O) groups is 4. The maximum absolute atomic E-state index is 11.6. The number of rotatable bonds is 4. The van der Waals surface area contributed by atoms with Gasteiger partial charge in [-0.3, -0.25) is 28.3 Å². The molecule has 0 N–H and O–H groups in total. The molecule has 9 nitrogen and oxygen atoms in total. The molecule has 0 aliphatic carbocycles. The van der Waals surface area contributed by atoms with Crippen LogP contribution in [-0.4, -0.2) is 102 Å². The first-order valence-electron chi connectivity index (χ1n) is 14.2. The first-order chi connectivity index (χ1) is 17.6. The van der Waals surface area contributed by atoms with Crippen LogP contribution in [0.2, 0.25) is 0 Å². The summed E-state index contributed by atoms with van der Waals surface area (Å²) in [5.74, 6) is 5.10. The Kier molecular flexibility index (Phi) is 21.3. The molecule has 1 atom stereocenters. The summed E-state index contributed by atoms with van der Waals surface area (Å²) in [7, 11) is -1.85. The van der Waals surface area contributed by atoms with Crippen LogP contribution in [0.3, 0.4) is 0 Å². The molecular weight excluding hydrogens is 540 g/mol. The maximum Gasteiger partial charge on any atom is 0.229 e. The van der Waals surface area contributed by atoms with Crippen molar-refractivity contribution in [3.05, 3.63) is 0 Å². The van der Waals surface area contributed by atoms with E-state index in [1.165, 1.54) is 4.90 Å². The summed E-state index contributed by atoms with van der Waals surface area (Å²) < 4.78 is 13.6. The van der Waals surface area contributed by atoms with Gasteiger partial charge in [-0.15, -0.1) is 0 Å². The Bertz CT molecular complexity index is 863. The average Bonchev–Trinajstić information content (AvgIpc) is 3.57. The molecule has 0 aromatic carbocycles. The Morgan fingerprint density at radius 1 is 0.561 bits per heavy atom. The first kappa shape index (κ1) is 43.5. The summed E-state index contributed by atoms with van der Waals surface area (Å²) in [6.45, 7) is 19.0. The molecule has 0 aromatic rings. The van der Waals surface area contributed by atoms with Crippen LogP contribution in [0.1, 0.15) is 123 Å². The van der Waals surface area contributed by atoms with Crippen LogP contribution in [0.25, 0.3) is 0 Å². The molecule has 0 aromatic heterocycles. The summed E-state index contributed by atoms with van der Waals surface area (Å²) >= 11 is 0. The van der Waals surface area contributed by atoms with Crippen LogP contribution in [0.5, 0.6) is 0 Å². The monoisotopic (exact) mass is 604 g/mol. The molecular formula is C31H64N4O5S. The van der Waals surface area contributed by atoms with Gasteiger partial charge < -0.3 is 9.80 Å². The lowest BCUT2D eigenvalue weighted by Gasteiger charge is -2.21. The molecule has 4 rings (SSSR count). The van der Waals surface area contributed by atoms with E-state index in [-0.39, 0.29) is 40.1 Å². The standard InChI is InChI=1S/C7H11NO2.C7H15NOS.2C7H13NO.3CH4/c1-5(2)8-6(9)3-4-7(8)10;1-7(2)8-5-4-6-10(8,3)9;2*1-6(2)8-5-3-4-7(8)9;;;/h5H,3-4H2,1-2H3;7H,3-6H2,1-2H3;2*6H,3-5H2,1-2H3;3*1H4. The molecule has 0 bridgehead atoms. The molecule has 4 aliphatic rings. The summed E-state index contributed by atoms with van der Waals surface area (Å²) in [6.07, 6.45) is 5.47. The van der Waals surface area contributed by atoms with Crippen molar-refractivity contribution >= 4 is 39.2 Å². The van der Waals surface area contributed by atoms with E-state index in [4.69, 9.17) is 0 Å². The highest BCUT2D eigenvalue weighted by Crippen LogP contribution is 2.16. The van der Waals surface area contributed by atoms with Gasteiger partial charge in [0.2, 0.25) is 23.6 Å². The normalized spacial score (nSPS) is 22.1. The minimum Gasteiger partial charge on any atom is -0.340 e. The number of amides is 4. The van der Waals surface area contributed by atoms with Gasteiger partial charge in [-0.1, -0.05) is 22.3 Å². The van der Waals surface area contributed by atoms with Gasteiger partial charge in [0.1, 0.15) is 0 Å². The Labute approximate surface area is 253 Å². The van der Waals surface area contributed by atoms with Crippen molar-refractivity contribution in [1.82, 2.24) is 19.0 Å². The number of carbonyl (C=O) groups excluding carboxylic acids is 4. The number of hydrogen-bond acceptors (Lipinski definition) is 5. The average molecular weight is 605 g/mol. The lowest BCUT2D eigenvalue weighted by molar-refractivity contribution is -0.140. The van der Waals surface area contributed by atoms with Gasteiger partial charge in [0, 0.05) is 84.9 Å². The van der Waals surface area contributed by atoms with Gasteiger partial charge in [-0.05, 0) is 80.5 Å². The Morgan fingerprint density at radius 2 is 0.951 bits per heavy atom. The van der Waals surface area contributed by atoms with E-state index in [2.05, 4.69) is 47.4 Å². The number of imide groups is 1. The largest absolute Gasteiger partial charge is 0.340 e. The molecule has 4 fully saturated rings. The molecule has 0 saturated carbocycles. The van der Waals surface area contributed by atoms with Gasteiger partial charge in [-0.25, -0.2) is 4.31 Å². The van der Waals surface area contributed by atoms with E-state index in [0.29, 0.717) is 42.8 Å². The van der Waals surface area contributed by atoms with Crippen molar-refractivity contribution in [2.75, 3.05) is 25.4 Å². The quantitative estimate of drug-likeness (QED) is 0.324. The third-order valence-electron chi connectivity index (χ3n) is 6.92. The minimum atomic E-state index is -1.85. The molecule has 4 saturated heterocycles. The molecule has 41 heavy (non-hydrogen) atoms. The maximum atomic E-state index is 11.6. The van der Waals surface area contributed by atoms with E-state index < -0.39 is 9.71 Å². The SMILES string of the molecule is C.C.C.C=S1(=O)CCCN1C(C)C.CC(C)N1C(=O)CCC1=O.CC(C)N1CCCC1=O.CC(C)N1CCCC1=O. The molecule has 0 spiro atoms. The lowest BCUT2D eigenvalue weighted by Crippen LogP contribution is -2.35. The lowest BCUT2D eigenvalue weighted by atomic mass is 10.3. The summed E-state index contributed by atoms with van der Waals surface area (Å²) in [6, 6.07) is 1.22. The predicted molar refractivity (Wildman–Crippen MR) is 175 cm³/mol. The Hall–Kier alpha value is -1.94. The number of hydrogen-bond donors (Lipinski definition) is 0. The molecule has 10 heteroatoms. The third kappa shape index (κ3) is 13.7. The molecule has 4 aliphatic heterocycles. The minimum absolute atomic E-state index is 0. The van der Waals surface area contributed by atoms with E-state index in [1.54, 1.807) is 0 Å². The third-order valence-corrected chi connectivity index (χ3v) is 9.30. The molecule has 244 valence electrons. The van der Waals surface area contributed by atoms with Crippen LogP contribution in [0.15, 0.2) is 0 Å². The topological polar surface area (TPSA) is 98.3 Å². The van der Waals surface area contributed by atoms with Crippen molar-refractivity contribution in [1.29, 1.82) is 0 Å². The van der Waals surface area contributed by atoms with E-state index in [1.807, 2.05) is 28.0 Å². The zero-order chi connectivity index (χ0) is 29.2. The van der Waals surface area contributed by atoms with Crippen LogP contribution in [0, 0.1) is 0 Å². The fourth-order valence-corrected chi connectivity index (χ4v) is 7.02. The van der Waals surface area contributed by atoms with E-state index in [9.17, 15) is 23.4 Å². The van der Waals surface area contributed by atoms with Crippen LogP contribution < -0.4 is 0 Å². The molecule has 1 unspecified atom stereocenters. The predicted octanol–water partition coefficient (Wildman–Crippen LogP) is 5.22. The second-order valence-electron chi connectivity index (χ2n) is 11.4. The van der Waals surface area contributed by atoms with Crippen molar-refractivity contribution < 1.29 is 23.4 Å². The zero-order valence-corrected chi connectivity index (χ0v) is 25.8. The number of nitrogens with zero attached hydrogens (tertiary/aromatic N) is 4. The molecule has 4 heterocycles. The van der Waals surface area contributed by atoms with Gasteiger partial charge in [0.25, 0.3) is 0 Å². The fraction of sp³-hybridized carbons (Fsp3) is 0.839. The highest BCUT2D eigenvalue weighted by Gasteiger charge is 2.30. The van der Waals surface area contributed by atoms with Crippen LogP contribution in [-0.2, 0) is 28.9 Å². The van der Waals surface area contributed by atoms with Crippen molar-refractivity contribution in [2.45, 2.75) is 147 Å². The zero-order valence-electron chi connectivity index (χ0n) is 25.0. The van der Waals surface area contributed by atoms with E-state index in [0.717, 1.165) is 57.5 Å². The van der Waals surface area contributed by atoms with Gasteiger partial charge in [0.15, 0.2) is 0 Å². The Balaban J connectivity index is -0.000000459. The summed E-state index contributed by atoms with van der Waals surface area (Å²) in [4.78, 5) is 48.9. The number of likely N-dealkylation sites (tertiary alicyclic amines) is 3. The molecule has 0 radical (unpaired) electrons. The summed E-state index contributed by atoms with van der Waals surface area (Å²) in [5, 5.41) is 0. The summed E-state index contributed by atoms with van der Waals surface area (Å²) in [5.41, 5.74) is 0. The van der Waals surface area contributed by atoms with E-state index >= 15 is 0 Å². The highest BCUT2D eigenvalue weighted by atomic mass is 32.2.